The van der Waals surface area contributed by atoms with Gasteiger partial charge in [0.05, 0.1) is 6.54 Å². The molecule has 4 heteroatoms. The number of benzene rings is 2. The summed E-state index contributed by atoms with van der Waals surface area (Å²) < 4.78 is 6.89. The van der Waals surface area contributed by atoms with Crippen LogP contribution in [0.2, 0.25) is 0 Å². The molecule has 1 heterocycles. The maximum atomic E-state index is 5.87. The summed E-state index contributed by atoms with van der Waals surface area (Å²) in [5.41, 5.74) is 9.43. The van der Waals surface area contributed by atoms with Crippen molar-refractivity contribution in [3.05, 3.63) is 58.1 Å². The number of nitrogens with zero attached hydrogens (tertiary/aromatic N) is 1. The molecule has 0 bridgehead atoms. The molecule has 2 aromatic carbocycles. The first-order chi connectivity index (χ1) is 9.78. The van der Waals surface area contributed by atoms with E-state index >= 15 is 0 Å². The highest BCUT2D eigenvalue weighted by atomic mass is 79.9. The Labute approximate surface area is 127 Å². The van der Waals surface area contributed by atoms with Crippen molar-refractivity contribution in [2.45, 2.75) is 13.1 Å². The van der Waals surface area contributed by atoms with E-state index in [9.17, 15) is 0 Å². The molecule has 0 spiro atoms. The second kappa shape index (κ2) is 5.85. The molecule has 0 aromatic heterocycles. The molecule has 0 aliphatic carbocycles. The highest BCUT2D eigenvalue weighted by Gasteiger charge is 2.17. The van der Waals surface area contributed by atoms with E-state index in [0.717, 1.165) is 28.9 Å². The van der Waals surface area contributed by atoms with Gasteiger partial charge in [0.25, 0.3) is 0 Å². The van der Waals surface area contributed by atoms with Crippen LogP contribution >= 0.6 is 15.9 Å². The van der Waals surface area contributed by atoms with E-state index in [1.54, 1.807) is 0 Å². The third kappa shape index (κ3) is 2.67. The van der Waals surface area contributed by atoms with Gasteiger partial charge >= 0.3 is 0 Å². The number of hydrogen-bond acceptors (Lipinski definition) is 3. The van der Waals surface area contributed by atoms with Crippen molar-refractivity contribution in [3.8, 4) is 5.75 Å². The first-order valence-corrected chi connectivity index (χ1v) is 7.51. The van der Waals surface area contributed by atoms with Gasteiger partial charge in [-0.05, 0) is 23.8 Å². The lowest BCUT2D eigenvalue weighted by atomic mass is 10.1. The SMILES string of the molecule is NCc1ccc(Br)cc1N1CCOc2ccccc2C1. The van der Waals surface area contributed by atoms with E-state index < -0.39 is 0 Å². The smallest absolute Gasteiger partial charge is 0.124 e. The monoisotopic (exact) mass is 332 g/mol. The van der Waals surface area contributed by atoms with Gasteiger partial charge in [0.1, 0.15) is 12.4 Å². The van der Waals surface area contributed by atoms with Crippen LogP contribution in [0.3, 0.4) is 0 Å². The van der Waals surface area contributed by atoms with Crippen LogP contribution in [0.15, 0.2) is 46.9 Å². The van der Waals surface area contributed by atoms with Crippen molar-refractivity contribution in [2.75, 3.05) is 18.1 Å². The molecule has 0 amide bonds. The maximum absolute atomic E-state index is 5.87. The predicted molar refractivity (Wildman–Crippen MR) is 85.0 cm³/mol. The van der Waals surface area contributed by atoms with Crippen LogP contribution < -0.4 is 15.4 Å². The van der Waals surface area contributed by atoms with Crippen molar-refractivity contribution in [3.63, 3.8) is 0 Å². The minimum atomic E-state index is 0.543. The maximum Gasteiger partial charge on any atom is 0.124 e. The highest BCUT2D eigenvalue weighted by molar-refractivity contribution is 9.10. The molecule has 0 fully saturated rings. The second-order valence-corrected chi connectivity index (χ2v) is 5.77. The zero-order chi connectivity index (χ0) is 13.9. The van der Waals surface area contributed by atoms with Crippen molar-refractivity contribution >= 4 is 21.6 Å². The van der Waals surface area contributed by atoms with E-state index in [0.29, 0.717) is 13.2 Å². The fourth-order valence-corrected chi connectivity index (χ4v) is 2.88. The summed E-state index contributed by atoms with van der Waals surface area (Å²) >= 11 is 3.54. The average molecular weight is 333 g/mol. The third-order valence-electron chi connectivity index (χ3n) is 3.56. The molecule has 0 radical (unpaired) electrons. The minimum absolute atomic E-state index is 0.543. The Balaban J connectivity index is 1.97. The lowest BCUT2D eigenvalue weighted by molar-refractivity contribution is 0.331. The molecule has 2 N–H and O–H groups in total. The van der Waals surface area contributed by atoms with Crippen LogP contribution in [-0.4, -0.2) is 13.2 Å². The average Bonchev–Trinajstić information content (AvgIpc) is 2.69. The summed E-state index contributed by atoms with van der Waals surface area (Å²) in [4.78, 5) is 2.33. The quantitative estimate of drug-likeness (QED) is 0.916. The number of fused-ring (bicyclic) bond motifs is 1. The van der Waals surface area contributed by atoms with Crippen LogP contribution in [0, 0.1) is 0 Å². The molecule has 104 valence electrons. The summed E-state index contributed by atoms with van der Waals surface area (Å²) in [6.45, 7) is 2.94. The number of ether oxygens (including phenoxy) is 1. The number of para-hydroxylation sites is 1. The summed E-state index contributed by atoms with van der Waals surface area (Å²) in [6, 6.07) is 14.5. The fourth-order valence-electron chi connectivity index (χ4n) is 2.54. The molecule has 3 nitrogen and oxygen atoms in total. The molecular weight excluding hydrogens is 316 g/mol. The minimum Gasteiger partial charge on any atom is -0.491 e. The van der Waals surface area contributed by atoms with E-state index in [1.807, 2.05) is 18.2 Å². The van der Waals surface area contributed by atoms with Crippen LogP contribution in [0.25, 0.3) is 0 Å². The summed E-state index contributed by atoms with van der Waals surface area (Å²) in [5, 5.41) is 0. The topological polar surface area (TPSA) is 38.5 Å². The fraction of sp³-hybridized carbons (Fsp3) is 0.250. The Morgan fingerprint density at radius 2 is 2.05 bits per heavy atom. The van der Waals surface area contributed by atoms with E-state index in [-0.39, 0.29) is 0 Å². The van der Waals surface area contributed by atoms with Gasteiger partial charge in [0.15, 0.2) is 0 Å². The summed E-state index contributed by atoms with van der Waals surface area (Å²) in [7, 11) is 0. The van der Waals surface area contributed by atoms with Crippen molar-refractivity contribution < 1.29 is 4.74 Å². The van der Waals surface area contributed by atoms with E-state index in [2.05, 4.69) is 45.1 Å². The lowest BCUT2D eigenvalue weighted by Crippen LogP contribution is -2.26. The van der Waals surface area contributed by atoms with E-state index in [1.165, 1.54) is 11.3 Å². The van der Waals surface area contributed by atoms with Gasteiger partial charge < -0.3 is 15.4 Å². The summed E-state index contributed by atoms with van der Waals surface area (Å²) in [5.74, 6) is 0.985. The first kappa shape index (κ1) is 13.5. The number of nitrogens with two attached hydrogens (primary N) is 1. The second-order valence-electron chi connectivity index (χ2n) is 4.85. The lowest BCUT2D eigenvalue weighted by Gasteiger charge is -2.25. The van der Waals surface area contributed by atoms with Gasteiger partial charge in [0.2, 0.25) is 0 Å². The largest absolute Gasteiger partial charge is 0.491 e. The number of rotatable bonds is 2. The molecule has 2 aromatic rings. The zero-order valence-electron chi connectivity index (χ0n) is 11.2. The van der Waals surface area contributed by atoms with Gasteiger partial charge in [-0.15, -0.1) is 0 Å². The Morgan fingerprint density at radius 3 is 2.90 bits per heavy atom. The zero-order valence-corrected chi connectivity index (χ0v) is 12.8. The first-order valence-electron chi connectivity index (χ1n) is 6.72. The number of hydrogen-bond donors (Lipinski definition) is 1. The molecule has 0 unspecified atom stereocenters. The molecule has 0 saturated heterocycles. The van der Waals surface area contributed by atoms with Crippen LogP contribution in [0.4, 0.5) is 5.69 Å². The molecule has 0 saturated carbocycles. The van der Waals surface area contributed by atoms with Crippen molar-refractivity contribution in [1.29, 1.82) is 0 Å². The van der Waals surface area contributed by atoms with Gasteiger partial charge in [-0.3, -0.25) is 0 Å². The number of anilines is 1. The van der Waals surface area contributed by atoms with Gasteiger partial charge in [-0.25, -0.2) is 0 Å². The predicted octanol–water partition coefficient (Wildman–Crippen LogP) is 3.31. The van der Waals surface area contributed by atoms with Crippen LogP contribution in [-0.2, 0) is 13.1 Å². The third-order valence-corrected chi connectivity index (χ3v) is 4.05. The highest BCUT2D eigenvalue weighted by Crippen LogP contribution is 2.30. The van der Waals surface area contributed by atoms with E-state index in [4.69, 9.17) is 10.5 Å². The van der Waals surface area contributed by atoms with Crippen LogP contribution in [0.1, 0.15) is 11.1 Å². The Bertz CT molecular complexity index is 615. The van der Waals surface area contributed by atoms with Gasteiger partial charge in [-0.1, -0.05) is 40.2 Å². The van der Waals surface area contributed by atoms with Crippen molar-refractivity contribution in [2.24, 2.45) is 5.73 Å². The molecule has 0 atom stereocenters. The van der Waals surface area contributed by atoms with Gasteiger partial charge in [0, 0.05) is 28.8 Å². The molecule has 3 rings (SSSR count). The molecule has 1 aliphatic rings. The molecular formula is C16H17BrN2O. The molecule has 1 aliphatic heterocycles. The van der Waals surface area contributed by atoms with Crippen molar-refractivity contribution in [1.82, 2.24) is 0 Å². The number of halogens is 1. The van der Waals surface area contributed by atoms with Crippen LogP contribution in [0.5, 0.6) is 5.75 Å². The Morgan fingerprint density at radius 1 is 1.20 bits per heavy atom. The standard InChI is InChI=1S/C16H17BrN2O/c17-14-6-5-12(10-18)15(9-14)19-7-8-20-16-4-2-1-3-13(16)11-19/h1-6,9H,7-8,10-11,18H2. The Hall–Kier alpha value is -1.52. The molecule has 20 heavy (non-hydrogen) atoms. The normalized spacial score (nSPS) is 14.4. The Kier molecular flexibility index (Phi) is 3.94. The summed E-state index contributed by atoms with van der Waals surface area (Å²) in [6.07, 6.45) is 0. The van der Waals surface area contributed by atoms with Gasteiger partial charge in [-0.2, -0.15) is 0 Å².